The molecule has 0 radical (unpaired) electrons. The van der Waals surface area contributed by atoms with Gasteiger partial charge in [0.1, 0.15) is 5.82 Å². The second-order valence-corrected chi connectivity index (χ2v) is 6.42. The number of aromatic nitrogens is 2. The van der Waals surface area contributed by atoms with Crippen molar-refractivity contribution in [2.45, 2.75) is 19.3 Å². The molecule has 2 aliphatic rings. The normalized spacial score (nSPS) is 27.8. The largest absolute Gasteiger partial charge is 0.356 e. The summed E-state index contributed by atoms with van der Waals surface area (Å²) in [5.41, 5.74) is 1.39. The van der Waals surface area contributed by atoms with Crippen LogP contribution in [-0.2, 0) is 6.42 Å². The molecule has 0 amide bonds. The van der Waals surface area contributed by atoms with E-state index in [2.05, 4.69) is 39.1 Å². The van der Waals surface area contributed by atoms with Crippen molar-refractivity contribution in [1.82, 2.24) is 9.97 Å². The first-order chi connectivity index (χ1) is 10.4. The van der Waals surface area contributed by atoms with Gasteiger partial charge in [0.05, 0.1) is 0 Å². The summed E-state index contributed by atoms with van der Waals surface area (Å²) in [6.07, 6.45) is 9.74. The fraction of sp³-hybridized carbons (Fsp3) is 0.444. The second-order valence-electron chi connectivity index (χ2n) is 6.42. The molecular formula is C18H21N3. The molecule has 1 unspecified atom stereocenters. The monoisotopic (exact) mass is 279 g/mol. The van der Waals surface area contributed by atoms with Crippen LogP contribution in [0.1, 0.15) is 18.4 Å². The summed E-state index contributed by atoms with van der Waals surface area (Å²) in [6.45, 7) is 2.33. The van der Waals surface area contributed by atoms with Crippen molar-refractivity contribution < 1.29 is 0 Å². The first-order valence-electron chi connectivity index (χ1n) is 7.95. The molecule has 0 spiro atoms. The zero-order chi connectivity index (χ0) is 14.1. The van der Waals surface area contributed by atoms with Gasteiger partial charge >= 0.3 is 0 Å². The smallest absolute Gasteiger partial charge is 0.128 e. The fourth-order valence-corrected chi connectivity index (χ4v) is 4.19. The molecule has 108 valence electrons. The molecule has 2 aromatic rings. The van der Waals surface area contributed by atoms with Gasteiger partial charge in [-0.05, 0) is 60.8 Å². The molecule has 0 N–H and O–H groups in total. The van der Waals surface area contributed by atoms with Crippen LogP contribution >= 0.6 is 0 Å². The number of nitrogens with zero attached hydrogens (tertiary/aromatic N) is 3. The van der Waals surface area contributed by atoms with Crippen LogP contribution < -0.4 is 4.90 Å². The molecule has 1 aliphatic carbocycles. The van der Waals surface area contributed by atoms with Crippen LogP contribution in [0.3, 0.4) is 0 Å². The third-order valence-corrected chi connectivity index (χ3v) is 5.20. The van der Waals surface area contributed by atoms with Crippen molar-refractivity contribution in [3.8, 4) is 0 Å². The van der Waals surface area contributed by atoms with E-state index in [1.807, 2.05) is 24.7 Å². The predicted molar refractivity (Wildman–Crippen MR) is 84.1 cm³/mol. The second kappa shape index (κ2) is 5.47. The highest BCUT2D eigenvalue weighted by molar-refractivity contribution is 5.39. The lowest BCUT2D eigenvalue weighted by Crippen LogP contribution is -2.43. The summed E-state index contributed by atoms with van der Waals surface area (Å²) in [5, 5.41) is 0. The molecule has 3 atom stereocenters. The lowest BCUT2D eigenvalue weighted by molar-refractivity contribution is 0.268. The SMILES string of the molecule is c1ccc(N2C[C@H]3CC[C@@H](C2)C3Cc2cccnc2)nc1. The van der Waals surface area contributed by atoms with Crippen LogP contribution in [0, 0.1) is 17.8 Å². The van der Waals surface area contributed by atoms with E-state index in [-0.39, 0.29) is 0 Å². The highest BCUT2D eigenvalue weighted by Crippen LogP contribution is 2.44. The molecule has 2 bridgehead atoms. The van der Waals surface area contributed by atoms with E-state index < -0.39 is 0 Å². The maximum atomic E-state index is 4.52. The van der Waals surface area contributed by atoms with Gasteiger partial charge in [-0.3, -0.25) is 4.98 Å². The van der Waals surface area contributed by atoms with E-state index >= 15 is 0 Å². The number of hydrogen-bond acceptors (Lipinski definition) is 3. The molecule has 1 aliphatic heterocycles. The third kappa shape index (κ3) is 2.53. The topological polar surface area (TPSA) is 29.0 Å². The predicted octanol–water partition coefficient (Wildman–Crippen LogP) is 3.18. The van der Waals surface area contributed by atoms with Gasteiger partial charge in [-0.15, -0.1) is 0 Å². The van der Waals surface area contributed by atoms with Gasteiger partial charge in [0.2, 0.25) is 0 Å². The van der Waals surface area contributed by atoms with Gasteiger partial charge in [0.25, 0.3) is 0 Å². The average molecular weight is 279 g/mol. The van der Waals surface area contributed by atoms with Crippen molar-refractivity contribution in [3.05, 3.63) is 54.5 Å². The molecule has 3 heterocycles. The van der Waals surface area contributed by atoms with Crippen LogP contribution in [0.4, 0.5) is 5.82 Å². The quantitative estimate of drug-likeness (QED) is 0.864. The van der Waals surface area contributed by atoms with Crippen molar-refractivity contribution in [3.63, 3.8) is 0 Å². The van der Waals surface area contributed by atoms with Gasteiger partial charge in [-0.1, -0.05) is 12.1 Å². The van der Waals surface area contributed by atoms with Crippen LogP contribution in [0.15, 0.2) is 48.9 Å². The van der Waals surface area contributed by atoms with E-state index in [0.717, 1.165) is 23.6 Å². The Labute approximate surface area is 126 Å². The minimum Gasteiger partial charge on any atom is -0.356 e. The van der Waals surface area contributed by atoms with Gasteiger partial charge < -0.3 is 4.90 Å². The molecule has 3 heteroatoms. The summed E-state index contributed by atoms with van der Waals surface area (Å²) in [4.78, 5) is 11.3. The number of piperidine rings is 1. The van der Waals surface area contributed by atoms with Gasteiger partial charge in [-0.25, -0.2) is 4.98 Å². The van der Waals surface area contributed by atoms with Gasteiger partial charge in [-0.2, -0.15) is 0 Å². The molecule has 1 saturated heterocycles. The molecule has 3 nitrogen and oxygen atoms in total. The van der Waals surface area contributed by atoms with E-state index in [4.69, 9.17) is 0 Å². The van der Waals surface area contributed by atoms with Gasteiger partial charge in [0.15, 0.2) is 0 Å². The maximum Gasteiger partial charge on any atom is 0.128 e. The van der Waals surface area contributed by atoms with Gasteiger partial charge in [0, 0.05) is 31.7 Å². The first kappa shape index (κ1) is 12.8. The molecular weight excluding hydrogens is 258 g/mol. The fourth-order valence-electron chi connectivity index (χ4n) is 4.19. The summed E-state index contributed by atoms with van der Waals surface area (Å²) in [7, 11) is 0. The Kier molecular flexibility index (Phi) is 3.34. The van der Waals surface area contributed by atoms with Crippen LogP contribution in [0.2, 0.25) is 0 Å². The van der Waals surface area contributed by atoms with Crippen molar-refractivity contribution in [2.24, 2.45) is 17.8 Å². The number of hydrogen-bond donors (Lipinski definition) is 0. The Morgan fingerprint density at radius 2 is 1.86 bits per heavy atom. The number of fused-ring (bicyclic) bond motifs is 2. The van der Waals surface area contributed by atoms with Crippen molar-refractivity contribution >= 4 is 5.82 Å². The van der Waals surface area contributed by atoms with Crippen LogP contribution in [-0.4, -0.2) is 23.1 Å². The summed E-state index contributed by atoms with van der Waals surface area (Å²) >= 11 is 0. The molecule has 1 saturated carbocycles. The Morgan fingerprint density at radius 3 is 2.52 bits per heavy atom. The number of rotatable bonds is 3. The highest BCUT2D eigenvalue weighted by atomic mass is 15.2. The Balaban J connectivity index is 1.49. The minimum absolute atomic E-state index is 0.811. The van der Waals surface area contributed by atoms with Crippen molar-refractivity contribution in [1.29, 1.82) is 0 Å². The highest BCUT2D eigenvalue weighted by Gasteiger charge is 2.41. The Morgan fingerprint density at radius 1 is 1.00 bits per heavy atom. The van der Waals surface area contributed by atoms with Crippen LogP contribution in [0.5, 0.6) is 0 Å². The van der Waals surface area contributed by atoms with Crippen LogP contribution in [0.25, 0.3) is 0 Å². The minimum atomic E-state index is 0.811. The lowest BCUT2D eigenvalue weighted by Gasteiger charge is -2.38. The molecule has 0 aromatic carbocycles. The molecule has 2 fully saturated rings. The molecule has 21 heavy (non-hydrogen) atoms. The molecule has 2 aromatic heterocycles. The average Bonchev–Trinajstić information content (AvgIpc) is 2.78. The van der Waals surface area contributed by atoms with E-state index in [9.17, 15) is 0 Å². The lowest BCUT2D eigenvalue weighted by atomic mass is 9.81. The summed E-state index contributed by atoms with van der Waals surface area (Å²) in [5.74, 6) is 3.60. The van der Waals surface area contributed by atoms with E-state index in [1.165, 1.54) is 37.9 Å². The first-order valence-corrected chi connectivity index (χ1v) is 7.95. The van der Waals surface area contributed by atoms with E-state index in [1.54, 1.807) is 0 Å². The molecule has 4 rings (SSSR count). The standard InChI is InChI=1S/C18H21N3/c1-2-9-20-18(5-1)21-12-15-6-7-16(13-21)17(15)10-14-4-3-8-19-11-14/h1-5,8-9,11,15-17H,6-7,10,12-13H2/t15-,16+,17?. The maximum absolute atomic E-state index is 4.52. The Hall–Kier alpha value is -1.90. The zero-order valence-electron chi connectivity index (χ0n) is 12.2. The Bertz CT molecular complexity index is 570. The number of anilines is 1. The zero-order valence-corrected chi connectivity index (χ0v) is 12.2. The summed E-state index contributed by atoms with van der Waals surface area (Å²) in [6, 6.07) is 10.5. The number of pyridine rings is 2. The van der Waals surface area contributed by atoms with Crippen molar-refractivity contribution in [2.75, 3.05) is 18.0 Å². The van der Waals surface area contributed by atoms with E-state index in [0.29, 0.717) is 0 Å². The summed E-state index contributed by atoms with van der Waals surface area (Å²) < 4.78 is 0. The third-order valence-electron chi connectivity index (χ3n) is 5.20.